The predicted octanol–water partition coefficient (Wildman–Crippen LogP) is 6.54. The van der Waals surface area contributed by atoms with Crippen molar-refractivity contribution in [1.82, 2.24) is 4.90 Å². The number of ketones is 2. The number of piperidine rings is 1. The molecule has 11 heteroatoms. The zero-order valence-electron chi connectivity index (χ0n) is 35.7. The molecule has 3 aliphatic heterocycles. The third-order valence-corrected chi connectivity index (χ3v) is 13.3. The van der Waals surface area contributed by atoms with E-state index in [9.17, 15) is 39.6 Å². The lowest BCUT2D eigenvalue weighted by Gasteiger charge is -2.42. The second kappa shape index (κ2) is 21.5. The minimum atomic E-state index is -2.41. The maximum Gasteiger partial charge on any atom is 0.329 e. The fourth-order valence-electron chi connectivity index (χ4n) is 9.24. The number of carbonyl (C=O) groups is 4. The number of ether oxygens (including phenoxy) is 2. The van der Waals surface area contributed by atoms with Crippen molar-refractivity contribution in [2.75, 3.05) is 6.54 Å². The van der Waals surface area contributed by atoms with Gasteiger partial charge in [0, 0.05) is 37.6 Å². The van der Waals surface area contributed by atoms with Crippen LogP contribution in [0.15, 0.2) is 35.5 Å². The van der Waals surface area contributed by atoms with Gasteiger partial charge < -0.3 is 34.8 Å². The van der Waals surface area contributed by atoms with Gasteiger partial charge >= 0.3 is 5.97 Å². The van der Waals surface area contributed by atoms with Gasteiger partial charge in [0.05, 0.1) is 24.4 Å². The molecule has 11 atom stereocenters. The number of nitrogens with zero attached hydrogens (tertiary/aromatic N) is 1. The van der Waals surface area contributed by atoms with E-state index in [1.54, 1.807) is 13.8 Å². The summed E-state index contributed by atoms with van der Waals surface area (Å²) in [4.78, 5) is 56.7. The van der Waals surface area contributed by atoms with Crippen LogP contribution in [-0.4, -0.2) is 97.7 Å². The quantitative estimate of drug-likeness (QED) is 0.140. The lowest BCUT2D eigenvalue weighted by molar-refractivity contribution is -0.265. The number of esters is 1. The summed E-state index contributed by atoms with van der Waals surface area (Å²) in [5.41, 5.74) is 1.36. The second-order valence-electron chi connectivity index (χ2n) is 18.4. The van der Waals surface area contributed by atoms with Crippen molar-refractivity contribution in [3.63, 3.8) is 0 Å². The number of cyclic esters (lactones) is 1. The number of fused-ring (bicyclic) bond motifs is 3. The zero-order valence-corrected chi connectivity index (χ0v) is 35.7. The highest BCUT2D eigenvalue weighted by molar-refractivity contribution is 6.39. The lowest BCUT2D eigenvalue weighted by atomic mass is 9.80. The normalized spacial score (nSPS) is 38.6. The Balaban J connectivity index is 1.63. The van der Waals surface area contributed by atoms with Gasteiger partial charge in [-0.3, -0.25) is 14.4 Å². The van der Waals surface area contributed by atoms with Crippen molar-refractivity contribution in [1.29, 1.82) is 0 Å². The van der Waals surface area contributed by atoms with E-state index in [0.29, 0.717) is 56.4 Å². The molecule has 0 aromatic carbocycles. The van der Waals surface area contributed by atoms with E-state index in [0.717, 1.165) is 44.1 Å². The second-order valence-corrected chi connectivity index (χ2v) is 18.4. The van der Waals surface area contributed by atoms with Crippen LogP contribution in [-0.2, 0) is 28.7 Å². The molecule has 0 spiro atoms. The van der Waals surface area contributed by atoms with Crippen molar-refractivity contribution in [2.24, 2.45) is 35.5 Å². The van der Waals surface area contributed by atoms with Crippen molar-refractivity contribution in [3.05, 3.63) is 35.5 Å². The number of allylic oxidation sites excluding steroid dienone is 3. The first kappa shape index (κ1) is 47.0. The summed E-state index contributed by atoms with van der Waals surface area (Å²) < 4.78 is 12.3. The molecule has 2 saturated heterocycles. The lowest BCUT2D eigenvalue weighted by Crippen LogP contribution is -2.60. The van der Waals surface area contributed by atoms with Gasteiger partial charge in [0.2, 0.25) is 5.79 Å². The van der Waals surface area contributed by atoms with Crippen LogP contribution < -0.4 is 0 Å². The summed E-state index contributed by atoms with van der Waals surface area (Å²) in [6.45, 7) is 13.5. The van der Waals surface area contributed by atoms with Gasteiger partial charge in [0.1, 0.15) is 17.9 Å². The van der Waals surface area contributed by atoms with Gasteiger partial charge in [0.15, 0.2) is 0 Å². The molecule has 1 amide bonds. The third kappa shape index (κ3) is 13.1. The maximum absolute atomic E-state index is 14.1. The Morgan fingerprint density at radius 3 is 2.25 bits per heavy atom. The largest absolute Gasteiger partial charge is 0.460 e. The van der Waals surface area contributed by atoms with Gasteiger partial charge in [-0.2, -0.15) is 0 Å². The molecule has 11 nitrogen and oxygen atoms in total. The van der Waals surface area contributed by atoms with Crippen molar-refractivity contribution in [2.45, 2.75) is 187 Å². The van der Waals surface area contributed by atoms with Crippen LogP contribution in [0, 0.1) is 35.5 Å². The average Bonchev–Trinajstić information content (AvgIpc) is 3.17. The highest BCUT2D eigenvalue weighted by atomic mass is 16.6. The topological polar surface area (TPSA) is 171 Å². The summed E-state index contributed by atoms with van der Waals surface area (Å²) in [5.74, 6) is -5.56. The molecule has 0 aromatic rings. The van der Waals surface area contributed by atoms with E-state index in [1.165, 1.54) is 4.90 Å². The number of hydrogen-bond donors (Lipinski definition) is 4. The van der Waals surface area contributed by atoms with Crippen LogP contribution >= 0.6 is 0 Å². The number of amides is 1. The zero-order chi connectivity index (χ0) is 42.0. The first-order valence-electron chi connectivity index (χ1n) is 21.9. The van der Waals surface area contributed by atoms with E-state index in [2.05, 4.69) is 26.0 Å². The maximum atomic E-state index is 14.1. The van der Waals surface area contributed by atoms with Gasteiger partial charge in [-0.25, -0.2) is 4.79 Å². The molecule has 4 aliphatic rings. The number of aliphatic hydroxyl groups is 4. The Labute approximate surface area is 341 Å². The molecule has 1 saturated carbocycles. The summed E-state index contributed by atoms with van der Waals surface area (Å²) in [5, 5.41) is 44.2. The Morgan fingerprint density at radius 2 is 1.54 bits per heavy atom. The molecule has 1 aliphatic carbocycles. The smallest absolute Gasteiger partial charge is 0.329 e. The van der Waals surface area contributed by atoms with Gasteiger partial charge in [-0.05, 0) is 126 Å². The number of Topliss-reactive ketones (excluding diaryl/α,β-unsaturated/α-hetero) is 2. The molecule has 11 unspecified atom stereocenters. The number of carbonyl (C=O) groups excluding carboxylic acids is 4. The van der Waals surface area contributed by atoms with Gasteiger partial charge in [-0.1, -0.05) is 58.9 Å². The van der Waals surface area contributed by atoms with Crippen LogP contribution in [0.25, 0.3) is 0 Å². The van der Waals surface area contributed by atoms with Crippen LogP contribution in [0.3, 0.4) is 0 Å². The van der Waals surface area contributed by atoms with Gasteiger partial charge in [0.25, 0.3) is 11.7 Å². The molecule has 3 heterocycles. The molecule has 57 heavy (non-hydrogen) atoms. The van der Waals surface area contributed by atoms with E-state index in [4.69, 9.17) is 9.47 Å². The van der Waals surface area contributed by atoms with E-state index >= 15 is 0 Å². The Bertz CT molecular complexity index is 1460. The summed E-state index contributed by atoms with van der Waals surface area (Å²) in [7, 11) is 0. The first-order chi connectivity index (χ1) is 26.9. The minimum absolute atomic E-state index is 0.0174. The van der Waals surface area contributed by atoms with Crippen molar-refractivity contribution in [3.8, 4) is 0 Å². The Morgan fingerprint density at radius 1 is 0.842 bits per heavy atom. The highest BCUT2D eigenvalue weighted by Crippen LogP contribution is 2.37. The van der Waals surface area contributed by atoms with Crippen molar-refractivity contribution < 1.29 is 49.1 Å². The van der Waals surface area contributed by atoms with Crippen LogP contribution in [0.2, 0.25) is 0 Å². The van der Waals surface area contributed by atoms with Crippen LogP contribution in [0.1, 0.15) is 145 Å². The average molecular weight is 800 g/mol. The van der Waals surface area contributed by atoms with Crippen LogP contribution in [0.5, 0.6) is 0 Å². The molecular weight excluding hydrogens is 727 g/mol. The summed E-state index contributed by atoms with van der Waals surface area (Å²) >= 11 is 0. The van der Waals surface area contributed by atoms with Crippen molar-refractivity contribution >= 4 is 23.4 Å². The molecular formula is C46H73NO10. The van der Waals surface area contributed by atoms with E-state index < -0.39 is 59.8 Å². The summed E-state index contributed by atoms with van der Waals surface area (Å²) in [6.07, 6.45) is 12.8. The predicted molar refractivity (Wildman–Crippen MR) is 218 cm³/mol. The molecule has 4 N–H and O–H groups in total. The minimum Gasteiger partial charge on any atom is -0.460 e. The first-order valence-corrected chi connectivity index (χ1v) is 21.9. The standard InChI is InChI=1S/C46H73NO10/c1-28-11-10-12-29(2)24-32(5)41(51)27-40(50)30(3)14-21-42(33(6)25-35-16-18-36(48)19-17-35)56-45(54)38-13-8-9-22-47(38)44(53)43(52)46(55)34(7)15-20-37(57-46)26-39(49)31(4)23-28/h10,12,14,23,28-29,32-40,42,48-50,55H,8-9,11,13,15-22,24-27H2,1-7H3. The molecule has 4 rings (SSSR count). The molecule has 0 radical (unpaired) electrons. The SMILES string of the molecule is CC1=CCC(C(C)CC2CCC(O)CC2)OC(=O)C2CCCCN2C(=O)C(=O)C2(O)OC(CCC2C)CC(O)C(C)=CC(C)CC=CC(C)CC(C)C(=O)CC1O. The fraction of sp³-hybridized carbons (Fsp3) is 0.783. The Hall–Kier alpha value is -2.70. The molecule has 3 fully saturated rings. The Kier molecular flexibility index (Phi) is 17.7. The van der Waals surface area contributed by atoms with Gasteiger partial charge in [-0.15, -0.1) is 0 Å². The van der Waals surface area contributed by atoms with Crippen LogP contribution in [0.4, 0.5) is 0 Å². The number of rotatable bonds is 3. The molecule has 0 aromatic heterocycles. The fourth-order valence-corrected chi connectivity index (χ4v) is 9.24. The highest BCUT2D eigenvalue weighted by Gasteiger charge is 2.53. The summed E-state index contributed by atoms with van der Waals surface area (Å²) in [6, 6.07) is -1.03. The number of hydrogen-bond acceptors (Lipinski definition) is 10. The van der Waals surface area contributed by atoms with E-state index in [1.807, 2.05) is 32.9 Å². The molecule has 322 valence electrons. The van der Waals surface area contributed by atoms with E-state index in [-0.39, 0.29) is 54.9 Å². The number of aliphatic hydroxyl groups excluding tert-OH is 3. The molecule has 2 bridgehead atoms. The third-order valence-electron chi connectivity index (χ3n) is 13.3. The monoisotopic (exact) mass is 800 g/mol.